The van der Waals surface area contributed by atoms with Crippen molar-refractivity contribution in [3.05, 3.63) is 93.4 Å². The highest BCUT2D eigenvalue weighted by Crippen LogP contribution is 2.26. The lowest BCUT2D eigenvalue weighted by Gasteiger charge is -2.10. The van der Waals surface area contributed by atoms with Crippen LogP contribution in [0.25, 0.3) is 0 Å². The van der Waals surface area contributed by atoms with Crippen LogP contribution in [0, 0.1) is 13.8 Å². The van der Waals surface area contributed by atoms with Crippen molar-refractivity contribution in [1.29, 1.82) is 0 Å². The molecule has 0 aliphatic heterocycles. The zero-order chi connectivity index (χ0) is 22.7. The summed E-state index contributed by atoms with van der Waals surface area (Å²) in [7, 11) is 0. The van der Waals surface area contributed by atoms with Gasteiger partial charge in [-0.2, -0.15) is 10.2 Å². The summed E-state index contributed by atoms with van der Waals surface area (Å²) < 4.78 is 8.98. The largest absolute Gasteiger partial charge is 0.471 e. The Morgan fingerprint density at radius 3 is 2.47 bits per heavy atom. The smallest absolute Gasteiger partial charge is 0.277 e. The molecule has 0 unspecified atom stereocenters. The highest BCUT2D eigenvalue weighted by atomic mass is 35.5. The van der Waals surface area contributed by atoms with Crippen LogP contribution in [0.2, 0.25) is 10.0 Å². The molecule has 1 N–H and O–H groups in total. The number of carbonyl (C=O) groups excluding carboxylic acids is 1. The quantitative estimate of drug-likeness (QED) is 0.396. The van der Waals surface area contributed by atoms with E-state index in [4.69, 9.17) is 27.9 Å². The molecule has 0 spiro atoms. The predicted molar refractivity (Wildman–Crippen MR) is 125 cm³/mol. The van der Waals surface area contributed by atoms with Crippen molar-refractivity contribution in [2.75, 3.05) is 5.32 Å². The zero-order valence-electron chi connectivity index (χ0n) is 17.5. The Kier molecular flexibility index (Phi) is 6.48. The molecule has 1 amide bonds. The highest BCUT2D eigenvalue weighted by molar-refractivity contribution is 6.33. The van der Waals surface area contributed by atoms with E-state index in [2.05, 4.69) is 15.5 Å². The van der Waals surface area contributed by atoms with E-state index in [0.717, 1.165) is 21.7 Å². The molecule has 0 saturated heterocycles. The first-order valence-electron chi connectivity index (χ1n) is 9.90. The summed E-state index contributed by atoms with van der Waals surface area (Å²) in [5.41, 5.74) is 3.18. The van der Waals surface area contributed by atoms with Gasteiger partial charge in [0, 0.05) is 17.4 Å². The molecule has 4 rings (SSSR count). The van der Waals surface area contributed by atoms with Crippen LogP contribution < -0.4 is 10.1 Å². The lowest BCUT2D eigenvalue weighted by atomic mass is 10.1. The third-order valence-corrected chi connectivity index (χ3v) is 5.66. The van der Waals surface area contributed by atoms with Gasteiger partial charge in [0.25, 0.3) is 5.91 Å². The standard InChI is InChI=1S/C23H21Cl2N5O2/c1-15-10-18(11-16(2)21(15)25)32-14-29-9-8-20(27-29)23(31)26-22-19(24)13-30(28-22)12-17-6-4-3-5-7-17/h3-11,13H,12,14H2,1-2H3,(H,26,28,31). The normalized spacial score (nSPS) is 10.9. The molecule has 0 aliphatic rings. The maximum atomic E-state index is 12.6. The fraction of sp³-hybridized carbons (Fsp3) is 0.174. The third kappa shape index (κ3) is 5.12. The van der Waals surface area contributed by atoms with Crippen molar-refractivity contribution in [1.82, 2.24) is 19.6 Å². The first kappa shape index (κ1) is 21.9. The van der Waals surface area contributed by atoms with Gasteiger partial charge in [-0.3, -0.25) is 9.48 Å². The van der Waals surface area contributed by atoms with E-state index in [1.807, 2.05) is 56.3 Å². The van der Waals surface area contributed by atoms with E-state index in [0.29, 0.717) is 17.3 Å². The summed E-state index contributed by atoms with van der Waals surface area (Å²) in [6.45, 7) is 4.54. The van der Waals surface area contributed by atoms with Crippen LogP contribution in [0.5, 0.6) is 5.75 Å². The minimum Gasteiger partial charge on any atom is -0.471 e. The zero-order valence-corrected chi connectivity index (χ0v) is 19.1. The molecule has 0 aliphatic carbocycles. The third-order valence-electron chi connectivity index (χ3n) is 4.78. The van der Waals surface area contributed by atoms with E-state index < -0.39 is 5.91 Å². The summed E-state index contributed by atoms with van der Waals surface area (Å²) >= 11 is 12.4. The Hall–Kier alpha value is -3.29. The minimum atomic E-state index is -0.409. The highest BCUT2D eigenvalue weighted by Gasteiger charge is 2.15. The van der Waals surface area contributed by atoms with Gasteiger partial charge in [-0.1, -0.05) is 53.5 Å². The topological polar surface area (TPSA) is 74.0 Å². The van der Waals surface area contributed by atoms with Crippen LogP contribution in [0.3, 0.4) is 0 Å². The van der Waals surface area contributed by atoms with Crippen molar-refractivity contribution >= 4 is 34.9 Å². The number of ether oxygens (including phenoxy) is 1. The Balaban J connectivity index is 1.38. The van der Waals surface area contributed by atoms with Crippen molar-refractivity contribution in [2.45, 2.75) is 27.1 Å². The van der Waals surface area contributed by atoms with Gasteiger partial charge >= 0.3 is 0 Å². The summed E-state index contributed by atoms with van der Waals surface area (Å²) in [5, 5.41) is 12.4. The van der Waals surface area contributed by atoms with Gasteiger partial charge in [-0.25, -0.2) is 4.68 Å². The Morgan fingerprint density at radius 2 is 1.75 bits per heavy atom. The number of nitrogens with zero attached hydrogens (tertiary/aromatic N) is 4. The van der Waals surface area contributed by atoms with Gasteiger partial charge in [0.05, 0.1) is 6.54 Å². The Bertz CT molecular complexity index is 1230. The second-order valence-corrected chi connectivity index (χ2v) is 8.13. The lowest BCUT2D eigenvalue weighted by molar-refractivity contribution is 0.101. The fourth-order valence-electron chi connectivity index (χ4n) is 3.19. The van der Waals surface area contributed by atoms with Gasteiger partial charge in [0.15, 0.2) is 18.2 Å². The van der Waals surface area contributed by atoms with Gasteiger partial charge in [0.2, 0.25) is 0 Å². The van der Waals surface area contributed by atoms with Crippen molar-refractivity contribution in [2.24, 2.45) is 0 Å². The van der Waals surface area contributed by atoms with Gasteiger partial charge in [-0.15, -0.1) is 0 Å². The molecular formula is C23H21Cl2N5O2. The molecule has 0 atom stereocenters. The number of amides is 1. The second kappa shape index (κ2) is 9.46. The van der Waals surface area contributed by atoms with Gasteiger partial charge in [0.1, 0.15) is 10.8 Å². The van der Waals surface area contributed by atoms with E-state index in [1.54, 1.807) is 23.1 Å². The molecule has 2 aromatic carbocycles. The van der Waals surface area contributed by atoms with Crippen molar-refractivity contribution in [3.63, 3.8) is 0 Å². The predicted octanol–water partition coefficient (Wildman–Crippen LogP) is 5.34. The molecule has 4 aromatic rings. The van der Waals surface area contributed by atoms with Crippen LogP contribution >= 0.6 is 23.2 Å². The molecule has 0 radical (unpaired) electrons. The molecule has 9 heteroatoms. The van der Waals surface area contributed by atoms with Gasteiger partial charge < -0.3 is 10.1 Å². The molecule has 2 aromatic heterocycles. The maximum absolute atomic E-state index is 12.6. The summed E-state index contributed by atoms with van der Waals surface area (Å²) in [5.74, 6) is 0.556. The van der Waals surface area contributed by atoms with Crippen LogP contribution in [0.4, 0.5) is 5.82 Å². The monoisotopic (exact) mass is 469 g/mol. The number of nitrogens with one attached hydrogen (secondary N) is 1. The molecule has 0 bridgehead atoms. The average Bonchev–Trinajstić information content (AvgIpc) is 3.38. The number of carbonyl (C=O) groups is 1. The number of hydrogen-bond acceptors (Lipinski definition) is 4. The number of aryl methyl sites for hydroxylation is 2. The van der Waals surface area contributed by atoms with Crippen LogP contribution in [0.1, 0.15) is 27.2 Å². The molecule has 7 nitrogen and oxygen atoms in total. The number of benzene rings is 2. The van der Waals surface area contributed by atoms with Crippen molar-refractivity contribution in [3.8, 4) is 5.75 Å². The van der Waals surface area contributed by atoms with Crippen LogP contribution in [0.15, 0.2) is 60.9 Å². The molecule has 32 heavy (non-hydrogen) atoms. The number of halogens is 2. The first-order valence-corrected chi connectivity index (χ1v) is 10.7. The van der Waals surface area contributed by atoms with Crippen LogP contribution in [-0.2, 0) is 13.3 Å². The molecule has 0 fully saturated rings. The first-order chi connectivity index (χ1) is 15.4. The summed E-state index contributed by atoms with van der Waals surface area (Å²) in [6.07, 6.45) is 3.34. The summed E-state index contributed by atoms with van der Waals surface area (Å²) in [6, 6.07) is 15.2. The Labute approximate surface area is 195 Å². The minimum absolute atomic E-state index is 0.153. The number of anilines is 1. The lowest BCUT2D eigenvalue weighted by Crippen LogP contribution is -2.15. The number of rotatable bonds is 7. The maximum Gasteiger partial charge on any atom is 0.277 e. The fourth-order valence-corrected chi connectivity index (χ4v) is 3.50. The SMILES string of the molecule is Cc1cc(OCn2ccc(C(=O)Nc3nn(Cc4ccccc4)cc3Cl)n2)cc(C)c1Cl. The van der Waals surface area contributed by atoms with E-state index >= 15 is 0 Å². The molecule has 164 valence electrons. The average molecular weight is 470 g/mol. The van der Waals surface area contributed by atoms with Crippen LogP contribution in [-0.4, -0.2) is 25.5 Å². The van der Waals surface area contributed by atoms with Gasteiger partial charge in [-0.05, 0) is 48.7 Å². The number of aromatic nitrogens is 4. The van der Waals surface area contributed by atoms with E-state index in [9.17, 15) is 4.79 Å². The Morgan fingerprint density at radius 1 is 1.03 bits per heavy atom. The molecule has 2 heterocycles. The summed E-state index contributed by atoms with van der Waals surface area (Å²) in [4.78, 5) is 12.6. The van der Waals surface area contributed by atoms with E-state index in [1.165, 1.54) is 4.68 Å². The molecular weight excluding hydrogens is 449 g/mol. The van der Waals surface area contributed by atoms with E-state index in [-0.39, 0.29) is 18.2 Å². The molecule has 0 saturated carbocycles. The number of hydrogen-bond donors (Lipinski definition) is 1. The second-order valence-electron chi connectivity index (χ2n) is 7.35. The van der Waals surface area contributed by atoms with Crippen molar-refractivity contribution < 1.29 is 9.53 Å².